The number of aryl methyl sites for hydroxylation is 5. The van der Waals surface area contributed by atoms with Crippen LogP contribution in [-0.4, -0.2) is 25.6 Å². The van der Waals surface area contributed by atoms with Crippen molar-refractivity contribution < 1.29 is 14.6 Å². The third kappa shape index (κ3) is 4.64. The van der Waals surface area contributed by atoms with Crippen LogP contribution in [0.25, 0.3) is 11.2 Å². The third-order valence-corrected chi connectivity index (χ3v) is 6.12. The summed E-state index contributed by atoms with van der Waals surface area (Å²) in [6, 6.07) is 12.9. The molecule has 4 aromatic rings. The second kappa shape index (κ2) is 9.47. The zero-order valence-electron chi connectivity index (χ0n) is 20.0. The lowest BCUT2D eigenvalue weighted by atomic mass is 10.0. The van der Waals surface area contributed by atoms with E-state index in [0.29, 0.717) is 22.9 Å². The summed E-state index contributed by atoms with van der Waals surface area (Å²) in [4.78, 5) is 21.6. The maximum absolute atomic E-state index is 12.0. The van der Waals surface area contributed by atoms with Gasteiger partial charge in [0.05, 0.1) is 6.54 Å². The lowest BCUT2D eigenvalue weighted by molar-refractivity contribution is -0.145. The van der Waals surface area contributed by atoms with Gasteiger partial charge in [0.25, 0.3) is 0 Å². The number of benzene rings is 2. The molecule has 176 valence electrons. The highest BCUT2D eigenvalue weighted by atomic mass is 35.5. The molecule has 6 nitrogen and oxygen atoms in total. The highest BCUT2D eigenvalue weighted by Gasteiger charge is 2.24. The number of carboxylic acids is 1. The van der Waals surface area contributed by atoms with E-state index in [1.807, 2.05) is 32.9 Å². The number of imidazole rings is 1. The van der Waals surface area contributed by atoms with Gasteiger partial charge in [-0.05, 0) is 68.1 Å². The molecule has 1 N–H and O–H groups in total. The molecule has 0 radical (unpaired) electrons. The molecular weight excluding hydrogens is 450 g/mol. The van der Waals surface area contributed by atoms with E-state index in [4.69, 9.17) is 26.3 Å². The van der Waals surface area contributed by atoms with E-state index in [-0.39, 0.29) is 0 Å². The number of pyridine rings is 1. The van der Waals surface area contributed by atoms with Gasteiger partial charge in [-0.2, -0.15) is 0 Å². The molecule has 2 heterocycles. The minimum atomic E-state index is -1.15. The number of carbonyl (C=O) groups is 1. The van der Waals surface area contributed by atoms with Gasteiger partial charge in [-0.1, -0.05) is 42.8 Å². The predicted octanol–water partition coefficient (Wildman–Crippen LogP) is 6.13. The second-order valence-electron chi connectivity index (χ2n) is 8.67. The number of fused-ring (bicyclic) bond motifs is 1. The number of hydrogen-bond donors (Lipinski definition) is 1. The average molecular weight is 478 g/mol. The van der Waals surface area contributed by atoms with Crippen LogP contribution in [-0.2, 0) is 17.8 Å². The van der Waals surface area contributed by atoms with Crippen LogP contribution in [0.3, 0.4) is 0 Å². The molecule has 0 bridgehead atoms. The van der Waals surface area contributed by atoms with Crippen LogP contribution < -0.4 is 4.74 Å². The Morgan fingerprint density at radius 2 is 1.76 bits per heavy atom. The molecule has 1 unspecified atom stereocenters. The Balaban J connectivity index is 1.69. The summed E-state index contributed by atoms with van der Waals surface area (Å²) in [5.41, 5.74) is 7.21. The molecule has 4 rings (SSSR count). The zero-order valence-corrected chi connectivity index (χ0v) is 20.8. The monoisotopic (exact) mass is 477 g/mol. The van der Waals surface area contributed by atoms with Crippen molar-refractivity contribution in [1.82, 2.24) is 14.5 Å². The van der Waals surface area contributed by atoms with Gasteiger partial charge in [-0.3, -0.25) is 0 Å². The number of aliphatic carboxylic acids is 1. The Hall–Kier alpha value is -3.38. The largest absolute Gasteiger partial charge is 0.478 e. The van der Waals surface area contributed by atoms with Gasteiger partial charge in [0, 0.05) is 22.7 Å². The van der Waals surface area contributed by atoms with Crippen molar-refractivity contribution in [3.63, 3.8) is 0 Å². The first-order valence-corrected chi connectivity index (χ1v) is 11.6. The SMILES string of the molecule is CCc1nc2c(C)cc(C)nc2n1Cc1cc(C)c(OC(C(=O)O)c2cccc(Cl)c2)c(C)c1. The molecule has 2 aromatic carbocycles. The predicted molar refractivity (Wildman–Crippen MR) is 134 cm³/mol. The highest BCUT2D eigenvalue weighted by molar-refractivity contribution is 6.30. The summed E-state index contributed by atoms with van der Waals surface area (Å²) >= 11 is 6.07. The fraction of sp³-hybridized carbons (Fsp3) is 0.296. The Labute approximate surface area is 204 Å². The minimum absolute atomic E-state index is 0.467. The molecule has 0 aliphatic carbocycles. The minimum Gasteiger partial charge on any atom is -0.478 e. The van der Waals surface area contributed by atoms with E-state index in [0.717, 1.165) is 51.4 Å². The molecule has 0 saturated heterocycles. The highest BCUT2D eigenvalue weighted by Crippen LogP contribution is 2.32. The Morgan fingerprint density at radius 1 is 1.06 bits per heavy atom. The van der Waals surface area contributed by atoms with Crippen LogP contribution >= 0.6 is 11.6 Å². The van der Waals surface area contributed by atoms with E-state index < -0.39 is 12.1 Å². The van der Waals surface area contributed by atoms with Gasteiger partial charge < -0.3 is 14.4 Å². The van der Waals surface area contributed by atoms with Gasteiger partial charge >= 0.3 is 5.97 Å². The number of rotatable bonds is 7. The Morgan fingerprint density at radius 3 is 2.38 bits per heavy atom. The van der Waals surface area contributed by atoms with Crippen molar-refractivity contribution >= 4 is 28.7 Å². The van der Waals surface area contributed by atoms with E-state index in [1.165, 1.54) is 0 Å². The van der Waals surface area contributed by atoms with Crippen molar-refractivity contribution in [2.24, 2.45) is 0 Å². The van der Waals surface area contributed by atoms with Crippen molar-refractivity contribution in [2.75, 3.05) is 0 Å². The van der Waals surface area contributed by atoms with Crippen LogP contribution in [0.15, 0.2) is 42.5 Å². The summed E-state index contributed by atoms with van der Waals surface area (Å²) in [5.74, 6) is 0.477. The number of hydrogen-bond acceptors (Lipinski definition) is 4. The first kappa shape index (κ1) is 23.8. The molecule has 0 spiro atoms. The maximum atomic E-state index is 12.0. The molecular formula is C27H28ClN3O3. The molecule has 0 amide bonds. The summed E-state index contributed by atoms with van der Waals surface area (Å²) in [7, 11) is 0. The van der Waals surface area contributed by atoms with Crippen LogP contribution in [0, 0.1) is 27.7 Å². The van der Waals surface area contributed by atoms with E-state index in [2.05, 4.69) is 24.5 Å². The smallest absolute Gasteiger partial charge is 0.349 e. The fourth-order valence-electron chi connectivity index (χ4n) is 4.43. The van der Waals surface area contributed by atoms with E-state index >= 15 is 0 Å². The number of nitrogens with zero attached hydrogens (tertiary/aromatic N) is 3. The van der Waals surface area contributed by atoms with Crippen molar-refractivity contribution in [2.45, 2.75) is 53.7 Å². The molecule has 0 aliphatic rings. The standard InChI is InChI=1S/C27H28ClN3O3/c1-6-22-30-23-15(2)10-18(5)29-26(23)31(22)14-19-11-16(3)24(17(4)12-19)34-25(27(32)33)20-8-7-9-21(28)13-20/h7-13,25H,6,14H2,1-5H3,(H,32,33). The van der Waals surface area contributed by atoms with Gasteiger partial charge in [-0.15, -0.1) is 0 Å². The van der Waals surface area contributed by atoms with Crippen molar-refractivity contribution in [1.29, 1.82) is 0 Å². The summed E-state index contributed by atoms with van der Waals surface area (Å²) in [5, 5.41) is 10.3. The maximum Gasteiger partial charge on any atom is 0.349 e. The fourth-order valence-corrected chi connectivity index (χ4v) is 4.63. The quantitative estimate of drug-likeness (QED) is 0.346. The Bertz CT molecular complexity index is 1370. The van der Waals surface area contributed by atoms with E-state index in [9.17, 15) is 9.90 Å². The molecule has 7 heteroatoms. The van der Waals surface area contributed by atoms with E-state index in [1.54, 1.807) is 24.3 Å². The van der Waals surface area contributed by atoms with Gasteiger partial charge in [-0.25, -0.2) is 14.8 Å². The number of ether oxygens (including phenoxy) is 1. The van der Waals surface area contributed by atoms with Crippen LogP contribution in [0.1, 0.15) is 52.4 Å². The topological polar surface area (TPSA) is 77.2 Å². The zero-order chi connectivity index (χ0) is 24.6. The molecule has 34 heavy (non-hydrogen) atoms. The van der Waals surface area contributed by atoms with Gasteiger partial charge in [0.2, 0.25) is 6.10 Å². The lowest BCUT2D eigenvalue weighted by Gasteiger charge is -2.20. The molecule has 2 aromatic heterocycles. The molecule has 1 atom stereocenters. The lowest BCUT2D eigenvalue weighted by Crippen LogP contribution is -2.19. The Kier molecular flexibility index (Phi) is 6.62. The first-order valence-electron chi connectivity index (χ1n) is 11.3. The van der Waals surface area contributed by atoms with Crippen LogP contribution in [0.5, 0.6) is 5.75 Å². The van der Waals surface area contributed by atoms with Crippen molar-refractivity contribution in [3.8, 4) is 5.75 Å². The number of carboxylic acid groups (broad SMARTS) is 1. The summed E-state index contributed by atoms with van der Waals surface area (Å²) in [6.07, 6.45) is -0.352. The summed E-state index contributed by atoms with van der Waals surface area (Å²) in [6.45, 7) is 10.6. The number of aromatic nitrogens is 3. The van der Waals surface area contributed by atoms with Gasteiger partial charge in [0.15, 0.2) is 5.65 Å². The van der Waals surface area contributed by atoms with Crippen molar-refractivity contribution in [3.05, 3.63) is 86.8 Å². The first-order chi connectivity index (χ1) is 16.2. The summed E-state index contributed by atoms with van der Waals surface area (Å²) < 4.78 is 8.19. The number of halogens is 1. The van der Waals surface area contributed by atoms with Crippen LogP contribution in [0.2, 0.25) is 5.02 Å². The normalized spacial score (nSPS) is 12.2. The van der Waals surface area contributed by atoms with Crippen LogP contribution in [0.4, 0.5) is 0 Å². The third-order valence-electron chi connectivity index (χ3n) is 5.89. The average Bonchev–Trinajstić information content (AvgIpc) is 3.10. The van der Waals surface area contributed by atoms with Gasteiger partial charge in [0.1, 0.15) is 17.1 Å². The second-order valence-corrected chi connectivity index (χ2v) is 9.11. The molecule has 0 fully saturated rings. The molecule has 0 saturated carbocycles. The molecule has 0 aliphatic heterocycles.